The molecule has 0 amide bonds. The SMILES string of the molecule is Cc1ccccc1-c1nnn(Cc2ccc(-c3ccccc3C#N)cc2)n1. The summed E-state index contributed by atoms with van der Waals surface area (Å²) in [5.41, 5.74) is 5.81. The summed E-state index contributed by atoms with van der Waals surface area (Å²) in [6.45, 7) is 2.58. The van der Waals surface area contributed by atoms with Gasteiger partial charge in [0.25, 0.3) is 0 Å². The lowest BCUT2D eigenvalue weighted by Gasteiger charge is -2.06. The molecule has 0 radical (unpaired) electrons. The first-order valence-corrected chi connectivity index (χ1v) is 8.67. The molecule has 0 aliphatic carbocycles. The fourth-order valence-corrected chi connectivity index (χ4v) is 3.03. The van der Waals surface area contributed by atoms with Crippen molar-refractivity contribution in [3.8, 4) is 28.6 Å². The maximum Gasteiger partial charge on any atom is 0.205 e. The van der Waals surface area contributed by atoms with Crippen molar-refractivity contribution in [1.29, 1.82) is 5.26 Å². The van der Waals surface area contributed by atoms with Crippen molar-refractivity contribution >= 4 is 0 Å². The summed E-state index contributed by atoms with van der Waals surface area (Å²) in [7, 11) is 0. The maximum atomic E-state index is 9.27. The van der Waals surface area contributed by atoms with Crippen LogP contribution in [0.2, 0.25) is 0 Å². The summed E-state index contributed by atoms with van der Waals surface area (Å²) in [4.78, 5) is 1.60. The molecule has 0 spiro atoms. The number of rotatable bonds is 4. The highest BCUT2D eigenvalue weighted by Crippen LogP contribution is 2.24. The number of nitriles is 1. The van der Waals surface area contributed by atoms with Gasteiger partial charge in [0.2, 0.25) is 5.82 Å². The van der Waals surface area contributed by atoms with Crippen molar-refractivity contribution in [3.63, 3.8) is 0 Å². The minimum atomic E-state index is 0.541. The summed E-state index contributed by atoms with van der Waals surface area (Å²) in [5.74, 6) is 0.632. The molecule has 0 fully saturated rings. The fourth-order valence-electron chi connectivity index (χ4n) is 3.03. The fraction of sp³-hybridized carbons (Fsp3) is 0.0909. The van der Waals surface area contributed by atoms with Crippen molar-refractivity contribution in [1.82, 2.24) is 20.2 Å². The van der Waals surface area contributed by atoms with Crippen LogP contribution in [0.15, 0.2) is 72.8 Å². The molecule has 1 aromatic heterocycles. The Morgan fingerprint density at radius 1 is 0.889 bits per heavy atom. The number of hydrogen-bond acceptors (Lipinski definition) is 4. The van der Waals surface area contributed by atoms with Gasteiger partial charge in [-0.15, -0.1) is 10.2 Å². The maximum absolute atomic E-state index is 9.27. The molecule has 1 heterocycles. The van der Waals surface area contributed by atoms with E-state index < -0.39 is 0 Å². The molecular weight excluding hydrogens is 334 g/mol. The van der Waals surface area contributed by atoms with Crippen LogP contribution in [0.5, 0.6) is 0 Å². The number of aryl methyl sites for hydroxylation is 1. The second-order valence-corrected chi connectivity index (χ2v) is 6.31. The first kappa shape index (κ1) is 16.7. The lowest BCUT2D eigenvalue weighted by Crippen LogP contribution is -2.04. The van der Waals surface area contributed by atoms with Gasteiger partial charge in [-0.2, -0.15) is 10.1 Å². The second-order valence-electron chi connectivity index (χ2n) is 6.31. The normalized spacial score (nSPS) is 10.5. The van der Waals surface area contributed by atoms with Crippen LogP contribution in [0.3, 0.4) is 0 Å². The molecule has 27 heavy (non-hydrogen) atoms. The van der Waals surface area contributed by atoms with Gasteiger partial charge < -0.3 is 0 Å². The zero-order chi connectivity index (χ0) is 18.6. The quantitative estimate of drug-likeness (QED) is 0.552. The molecule has 3 aromatic carbocycles. The number of benzene rings is 3. The van der Waals surface area contributed by atoms with E-state index in [4.69, 9.17) is 0 Å². The van der Waals surface area contributed by atoms with Crippen molar-refractivity contribution in [2.24, 2.45) is 0 Å². The zero-order valence-corrected chi connectivity index (χ0v) is 14.9. The topological polar surface area (TPSA) is 67.4 Å². The average Bonchev–Trinajstić information content (AvgIpc) is 3.17. The molecule has 0 aliphatic heterocycles. The van der Waals surface area contributed by atoms with Crippen LogP contribution in [0.4, 0.5) is 0 Å². The molecule has 0 N–H and O–H groups in total. The van der Waals surface area contributed by atoms with Crippen molar-refractivity contribution in [3.05, 3.63) is 89.5 Å². The molecule has 0 aliphatic rings. The van der Waals surface area contributed by atoms with Gasteiger partial charge >= 0.3 is 0 Å². The third kappa shape index (κ3) is 3.46. The smallest absolute Gasteiger partial charge is 0.192 e. The second kappa shape index (κ2) is 7.22. The summed E-state index contributed by atoms with van der Waals surface area (Å²) >= 11 is 0. The van der Waals surface area contributed by atoms with Crippen LogP contribution >= 0.6 is 0 Å². The minimum absolute atomic E-state index is 0.541. The van der Waals surface area contributed by atoms with Crippen LogP contribution in [-0.2, 0) is 6.54 Å². The van der Waals surface area contributed by atoms with E-state index in [1.54, 1.807) is 4.80 Å². The molecule has 0 saturated carbocycles. The Bertz CT molecular complexity index is 1120. The Labute approximate surface area is 157 Å². The molecule has 4 aromatic rings. The predicted octanol–water partition coefficient (Wildman–Crippen LogP) is 4.24. The van der Waals surface area contributed by atoms with Crippen molar-refractivity contribution in [2.45, 2.75) is 13.5 Å². The molecule has 0 unspecified atom stereocenters. The first-order valence-electron chi connectivity index (χ1n) is 8.67. The van der Waals surface area contributed by atoms with Gasteiger partial charge in [0, 0.05) is 5.56 Å². The Morgan fingerprint density at radius 3 is 2.33 bits per heavy atom. The number of tetrazole rings is 1. The Kier molecular flexibility index (Phi) is 4.46. The summed E-state index contributed by atoms with van der Waals surface area (Å²) in [6, 6.07) is 25.9. The van der Waals surface area contributed by atoms with Crippen molar-refractivity contribution < 1.29 is 0 Å². The lowest BCUT2D eigenvalue weighted by atomic mass is 9.99. The van der Waals surface area contributed by atoms with E-state index in [0.29, 0.717) is 17.9 Å². The molecular formula is C22H17N5. The highest BCUT2D eigenvalue weighted by molar-refractivity contribution is 5.70. The Balaban J connectivity index is 1.55. The Morgan fingerprint density at radius 2 is 1.59 bits per heavy atom. The van der Waals surface area contributed by atoms with Gasteiger partial charge in [0.05, 0.1) is 18.2 Å². The van der Waals surface area contributed by atoms with Crippen LogP contribution in [-0.4, -0.2) is 20.2 Å². The molecule has 5 heteroatoms. The Hall–Kier alpha value is -3.78. The van der Waals surface area contributed by atoms with Crippen LogP contribution in [0.25, 0.3) is 22.5 Å². The van der Waals surface area contributed by atoms with Crippen molar-refractivity contribution in [2.75, 3.05) is 0 Å². The summed E-state index contributed by atoms with van der Waals surface area (Å²) < 4.78 is 0. The van der Waals surface area contributed by atoms with E-state index in [0.717, 1.165) is 27.8 Å². The van der Waals surface area contributed by atoms with Crippen LogP contribution in [0.1, 0.15) is 16.7 Å². The third-order valence-electron chi connectivity index (χ3n) is 4.48. The first-order chi connectivity index (χ1) is 13.2. The molecule has 5 nitrogen and oxygen atoms in total. The van der Waals surface area contributed by atoms with E-state index in [9.17, 15) is 5.26 Å². The highest BCUT2D eigenvalue weighted by Gasteiger charge is 2.09. The molecule has 0 atom stereocenters. The van der Waals surface area contributed by atoms with Gasteiger partial charge in [0.1, 0.15) is 0 Å². The van der Waals surface area contributed by atoms with Gasteiger partial charge in [0.15, 0.2) is 0 Å². The van der Waals surface area contributed by atoms with E-state index in [-0.39, 0.29) is 0 Å². The van der Waals surface area contributed by atoms with Gasteiger partial charge in [-0.05, 0) is 40.5 Å². The molecule has 0 saturated heterocycles. The van der Waals surface area contributed by atoms with E-state index >= 15 is 0 Å². The van der Waals surface area contributed by atoms with E-state index in [1.165, 1.54) is 0 Å². The monoisotopic (exact) mass is 351 g/mol. The van der Waals surface area contributed by atoms with Gasteiger partial charge in [-0.1, -0.05) is 66.7 Å². The largest absolute Gasteiger partial charge is 0.205 e. The van der Waals surface area contributed by atoms with E-state index in [1.807, 2.05) is 79.7 Å². The standard InChI is InChI=1S/C22H17N5/c1-16-6-2-4-8-20(16)22-24-26-27(25-22)15-17-10-12-18(13-11-17)21-9-5-3-7-19(21)14-23/h2-13H,15H2,1H3. The summed E-state index contributed by atoms with van der Waals surface area (Å²) in [5, 5.41) is 22.1. The van der Waals surface area contributed by atoms with E-state index in [2.05, 4.69) is 21.5 Å². The highest BCUT2D eigenvalue weighted by atomic mass is 15.6. The molecule has 4 rings (SSSR count). The summed E-state index contributed by atoms with van der Waals surface area (Å²) in [6.07, 6.45) is 0. The third-order valence-corrected chi connectivity index (χ3v) is 4.48. The number of hydrogen-bond donors (Lipinski definition) is 0. The van der Waals surface area contributed by atoms with Crippen LogP contribution < -0.4 is 0 Å². The lowest BCUT2D eigenvalue weighted by molar-refractivity contribution is 0.573. The van der Waals surface area contributed by atoms with Crippen LogP contribution in [0, 0.1) is 18.3 Å². The van der Waals surface area contributed by atoms with Gasteiger partial charge in [-0.25, -0.2) is 0 Å². The minimum Gasteiger partial charge on any atom is -0.192 e. The molecule has 0 bridgehead atoms. The average molecular weight is 351 g/mol. The number of aromatic nitrogens is 4. The predicted molar refractivity (Wildman–Crippen MR) is 104 cm³/mol. The van der Waals surface area contributed by atoms with Gasteiger partial charge in [-0.3, -0.25) is 0 Å². The zero-order valence-electron chi connectivity index (χ0n) is 14.9. The molecule has 130 valence electrons. The number of nitrogens with zero attached hydrogens (tertiary/aromatic N) is 5.